The van der Waals surface area contributed by atoms with Gasteiger partial charge >= 0.3 is 12.0 Å². The maximum atomic E-state index is 13.9. The van der Waals surface area contributed by atoms with Crippen LogP contribution in [0.25, 0.3) is 0 Å². The number of ether oxygens (including phenoxy) is 1. The summed E-state index contributed by atoms with van der Waals surface area (Å²) in [5.41, 5.74) is -0.576. The normalized spacial score (nSPS) is 11.9. The van der Waals surface area contributed by atoms with E-state index in [-0.39, 0.29) is 17.8 Å². The van der Waals surface area contributed by atoms with Crippen LogP contribution >= 0.6 is 0 Å². The number of urea groups is 1. The molecule has 0 bridgehead atoms. The number of anilines is 1. The van der Waals surface area contributed by atoms with Gasteiger partial charge in [-0.15, -0.1) is 0 Å². The summed E-state index contributed by atoms with van der Waals surface area (Å²) in [5, 5.41) is 4.30. The molecule has 0 aliphatic carbocycles. The molecule has 31 heavy (non-hydrogen) atoms. The molecule has 2 aromatic rings. The fourth-order valence-corrected chi connectivity index (χ4v) is 3.50. The van der Waals surface area contributed by atoms with Crippen molar-refractivity contribution in [3.8, 4) is 0 Å². The standard InChI is InChI=1S/C19H19F2N3O6S/c1-3-22-19(27)23-17(25)11(2)30-18(26)13-6-4-5-7-15(13)24-31(28,29)16-10-12(20)8-9-14(16)21/h4-11,24H,3H2,1-2H3,(H2,22,23,25,27). The van der Waals surface area contributed by atoms with E-state index in [1.807, 2.05) is 10.0 Å². The highest BCUT2D eigenvalue weighted by Crippen LogP contribution is 2.23. The van der Waals surface area contributed by atoms with Gasteiger partial charge in [0.25, 0.3) is 15.9 Å². The van der Waals surface area contributed by atoms with Crippen LogP contribution in [0.5, 0.6) is 0 Å². The average molecular weight is 455 g/mol. The highest BCUT2D eigenvalue weighted by Gasteiger charge is 2.25. The molecule has 9 nitrogen and oxygen atoms in total. The molecule has 0 aromatic heterocycles. The maximum Gasteiger partial charge on any atom is 0.341 e. The smallest absolute Gasteiger partial charge is 0.341 e. The summed E-state index contributed by atoms with van der Waals surface area (Å²) in [4.78, 5) is 34.8. The zero-order chi connectivity index (χ0) is 23.2. The largest absolute Gasteiger partial charge is 0.449 e. The first kappa shape index (κ1) is 23.7. The average Bonchev–Trinajstić information content (AvgIpc) is 2.69. The van der Waals surface area contributed by atoms with Gasteiger partial charge in [-0.3, -0.25) is 14.8 Å². The van der Waals surface area contributed by atoms with Gasteiger partial charge in [0.1, 0.15) is 16.5 Å². The van der Waals surface area contributed by atoms with E-state index in [2.05, 4.69) is 5.32 Å². The number of nitrogens with one attached hydrogen (secondary N) is 3. The van der Waals surface area contributed by atoms with E-state index in [9.17, 15) is 31.6 Å². The Morgan fingerprint density at radius 3 is 2.45 bits per heavy atom. The van der Waals surface area contributed by atoms with Crippen molar-refractivity contribution in [2.75, 3.05) is 11.3 Å². The quantitative estimate of drug-likeness (QED) is 0.549. The Kier molecular flexibility index (Phi) is 7.64. The minimum atomic E-state index is -4.59. The second-order valence-corrected chi connectivity index (χ2v) is 7.77. The van der Waals surface area contributed by atoms with Crippen molar-refractivity contribution < 1.29 is 36.3 Å². The van der Waals surface area contributed by atoms with Crippen molar-refractivity contribution >= 4 is 33.6 Å². The van der Waals surface area contributed by atoms with Crippen LogP contribution in [0.1, 0.15) is 24.2 Å². The minimum Gasteiger partial charge on any atom is -0.449 e. The van der Waals surface area contributed by atoms with Gasteiger partial charge in [-0.25, -0.2) is 26.8 Å². The fraction of sp³-hybridized carbons (Fsp3) is 0.211. The Labute approximate surface area is 176 Å². The number of halogens is 2. The number of hydrogen-bond donors (Lipinski definition) is 3. The monoisotopic (exact) mass is 455 g/mol. The molecule has 2 rings (SSSR count). The predicted octanol–water partition coefficient (Wildman–Crippen LogP) is 2.16. The van der Waals surface area contributed by atoms with Crippen LogP contribution in [0.15, 0.2) is 47.4 Å². The van der Waals surface area contributed by atoms with Gasteiger partial charge < -0.3 is 10.1 Å². The van der Waals surface area contributed by atoms with Gasteiger partial charge in [-0.05, 0) is 44.2 Å². The van der Waals surface area contributed by atoms with E-state index < -0.39 is 50.6 Å². The summed E-state index contributed by atoms with van der Waals surface area (Å²) in [6.45, 7) is 3.12. The molecule has 0 aliphatic rings. The lowest BCUT2D eigenvalue weighted by molar-refractivity contribution is -0.127. The number of rotatable bonds is 7. The third-order valence-electron chi connectivity index (χ3n) is 3.80. The first-order valence-electron chi connectivity index (χ1n) is 8.91. The second kappa shape index (κ2) is 9.98. The first-order chi connectivity index (χ1) is 14.5. The maximum absolute atomic E-state index is 13.9. The van der Waals surface area contributed by atoms with Gasteiger partial charge in [-0.1, -0.05) is 12.1 Å². The fourth-order valence-electron chi connectivity index (χ4n) is 2.33. The molecule has 3 amide bonds. The molecule has 0 radical (unpaired) electrons. The van der Waals surface area contributed by atoms with Crippen molar-refractivity contribution in [1.82, 2.24) is 10.6 Å². The molecule has 3 N–H and O–H groups in total. The number of hydrogen-bond acceptors (Lipinski definition) is 6. The van der Waals surface area contributed by atoms with Gasteiger partial charge in [0.15, 0.2) is 6.10 Å². The van der Waals surface area contributed by atoms with E-state index in [4.69, 9.17) is 4.74 Å². The van der Waals surface area contributed by atoms with E-state index in [0.717, 1.165) is 6.07 Å². The Balaban J connectivity index is 2.21. The lowest BCUT2D eigenvalue weighted by Gasteiger charge is -2.16. The van der Waals surface area contributed by atoms with Crippen LogP contribution < -0.4 is 15.4 Å². The summed E-state index contributed by atoms with van der Waals surface area (Å²) >= 11 is 0. The number of esters is 1. The first-order valence-corrected chi connectivity index (χ1v) is 10.4. The van der Waals surface area contributed by atoms with E-state index in [1.54, 1.807) is 6.92 Å². The molecule has 0 spiro atoms. The predicted molar refractivity (Wildman–Crippen MR) is 106 cm³/mol. The van der Waals surface area contributed by atoms with Gasteiger partial charge in [-0.2, -0.15) is 0 Å². The highest BCUT2D eigenvalue weighted by molar-refractivity contribution is 7.92. The van der Waals surface area contributed by atoms with Crippen molar-refractivity contribution in [2.24, 2.45) is 0 Å². The van der Waals surface area contributed by atoms with Crippen LogP contribution in [-0.2, 0) is 19.6 Å². The number of para-hydroxylation sites is 1. The van der Waals surface area contributed by atoms with Gasteiger partial charge in [0, 0.05) is 6.54 Å². The molecule has 0 saturated carbocycles. The Hall–Kier alpha value is -3.54. The molecule has 2 aromatic carbocycles. The van der Waals surface area contributed by atoms with Crippen LogP contribution in [0, 0.1) is 11.6 Å². The number of imide groups is 1. The number of carbonyl (C=O) groups excluding carboxylic acids is 3. The van der Waals surface area contributed by atoms with E-state index in [0.29, 0.717) is 12.1 Å². The second-order valence-electron chi connectivity index (χ2n) is 6.12. The molecule has 12 heteroatoms. The lowest BCUT2D eigenvalue weighted by Crippen LogP contribution is -2.44. The molecule has 166 valence electrons. The topological polar surface area (TPSA) is 131 Å². The number of carbonyl (C=O) groups is 3. The summed E-state index contributed by atoms with van der Waals surface area (Å²) in [6.07, 6.45) is -1.39. The van der Waals surface area contributed by atoms with Crippen molar-refractivity contribution in [2.45, 2.75) is 24.8 Å². The third kappa shape index (κ3) is 6.22. The molecule has 1 unspecified atom stereocenters. The molecule has 0 saturated heterocycles. The SMILES string of the molecule is CCNC(=O)NC(=O)C(C)OC(=O)c1ccccc1NS(=O)(=O)c1cc(F)ccc1F. The van der Waals surface area contributed by atoms with Crippen molar-refractivity contribution in [1.29, 1.82) is 0 Å². The van der Waals surface area contributed by atoms with Crippen LogP contribution in [0.2, 0.25) is 0 Å². The molecular weight excluding hydrogens is 436 g/mol. The third-order valence-corrected chi connectivity index (χ3v) is 5.18. The zero-order valence-corrected chi connectivity index (χ0v) is 17.3. The van der Waals surface area contributed by atoms with Crippen LogP contribution in [0.4, 0.5) is 19.3 Å². The van der Waals surface area contributed by atoms with Crippen molar-refractivity contribution in [3.63, 3.8) is 0 Å². The Morgan fingerprint density at radius 1 is 1.10 bits per heavy atom. The zero-order valence-electron chi connectivity index (χ0n) is 16.4. The molecule has 1 atom stereocenters. The lowest BCUT2D eigenvalue weighted by atomic mass is 10.2. The summed E-state index contributed by atoms with van der Waals surface area (Å²) < 4.78 is 59.2. The van der Waals surface area contributed by atoms with Gasteiger partial charge in [0.05, 0.1) is 11.3 Å². The highest BCUT2D eigenvalue weighted by atomic mass is 32.2. The number of amides is 3. The molecule has 0 heterocycles. The number of benzene rings is 2. The Bertz CT molecular complexity index is 1110. The summed E-state index contributed by atoms with van der Waals surface area (Å²) in [6, 6.07) is 6.32. The molecule has 0 aliphatic heterocycles. The molecular formula is C19H19F2N3O6S. The van der Waals surface area contributed by atoms with E-state index in [1.165, 1.54) is 31.2 Å². The summed E-state index contributed by atoms with van der Waals surface area (Å²) in [7, 11) is -4.59. The van der Waals surface area contributed by atoms with Gasteiger partial charge in [0.2, 0.25) is 0 Å². The Morgan fingerprint density at radius 2 is 1.77 bits per heavy atom. The van der Waals surface area contributed by atoms with Crippen LogP contribution in [0.3, 0.4) is 0 Å². The minimum absolute atomic E-state index is 0.271. The van der Waals surface area contributed by atoms with Crippen LogP contribution in [-0.4, -0.2) is 39.0 Å². The summed E-state index contributed by atoms with van der Waals surface area (Å²) in [5.74, 6) is -4.15. The number of sulfonamides is 1. The molecule has 0 fully saturated rings. The van der Waals surface area contributed by atoms with Crippen molar-refractivity contribution in [3.05, 3.63) is 59.7 Å². The van der Waals surface area contributed by atoms with E-state index >= 15 is 0 Å².